The molecule has 0 aromatic heterocycles. The predicted octanol–water partition coefficient (Wildman–Crippen LogP) is 0.594. The van der Waals surface area contributed by atoms with Crippen molar-refractivity contribution >= 4 is 5.78 Å². The molecule has 2 saturated carbocycles. The number of carbonyl (C=O) groups is 1. The fourth-order valence-electron chi connectivity index (χ4n) is 2.16. The fraction of sp³-hybridized carbons (Fsp3) is 0.875. The average Bonchev–Trinajstić information content (AvgIpc) is 2.57. The van der Waals surface area contributed by atoms with E-state index >= 15 is 0 Å². The molecule has 2 aliphatic carbocycles. The van der Waals surface area contributed by atoms with Crippen molar-refractivity contribution in [3.8, 4) is 0 Å². The molecule has 0 bridgehead atoms. The van der Waals surface area contributed by atoms with Crippen molar-refractivity contribution < 1.29 is 9.90 Å². The highest BCUT2D eigenvalue weighted by Gasteiger charge is 2.52. The summed E-state index contributed by atoms with van der Waals surface area (Å²) in [6.45, 7) is 0.180. The second kappa shape index (κ2) is 2.06. The van der Waals surface area contributed by atoms with Crippen LogP contribution in [-0.2, 0) is 4.79 Å². The largest absolute Gasteiger partial charge is 0.396 e. The monoisotopic (exact) mass is 140 g/mol. The number of Topliss-reactive ketones (excluding diaryl/α,β-unsaturated/α-hetero) is 1. The molecular weight excluding hydrogens is 128 g/mol. The molecule has 2 aliphatic rings. The number of hydrogen-bond donors (Lipinski definition) is 1. The minimum atomic E-state index is 0.180. The summed E-state index contributed by atoms with van der Waals surface area (Å²) >= 11 is 0. The lowest BCUT2D eigenvalue weighted by Gasteiger charge is -2.06. The van der Waals surface area contributed by atoms with E-state index in [4.69, 9.17) is 5.11 Å². The smallest absolute Gasteiger partial charge is 0.136 e. The molecule has 0 spiro atoms. The average molecular weight is 140 g/mol. The van der Waals surface area contributed by atoms with Gasteiger partial charge in [0.1, 0.15) is 5.78 Å². The summed E-state index contributed by atoms with van der Waals surface area (Å²) in [5.74, 6) is 2.01. The van der Waals surface area contributed by atoms with E-state index in [9.17, 15) is 4.79 Å². The number of hydrogen-bond acceptors (Lipinski definition) is 2. The molecule has 2 heteroatoms. The van der Waals surface area contributed by atoms with Crippen molar-refractivity contribution in [3.63, 3.8) is 0 Å². The highest BCUT2D eigenvalue weighted by molar-refractivity contribution is 5.85. The quantitative estimate of drug-likeness (QED) is 0.609. The second-order valence-corrected chi connectivity index (χ2v) is 3.45. The number of fused-ring (bicyclic) bond motifs is 1. The number of ketones is 1. The SMILES string of the molecule is O=C1CC2CC2C1CCO. The maximum atomic E-state index is 11.1. The molecule has 56 valence electrons. The van der Waals surface area contributed by atoms with Gasteiger partial charge in [-0.25, -0.2) is 0 Å². The van der Waals surface area contributed by atoms with E-state index < -0.39 is 0 Å². The van der Waals surface area contributed by atoms with Crippen LogP contribution in [0.3, 0.4) is 0 Å². The molecular formula is C8H12O2. The number of carbonyl (C=O) groups excluding carboxylic acids is 1. The summed E-state index contributed by atoms with van der Waals surface area (Å²) in [5, 5.41) is 8.63. The van der Waals surface area contributed by atoms with Crippen LogP contribution in [0.4, 0.5) is 0 Å². The normalized spacial score (nSPS) is 43.7. The van der Waals surface area contributed by atoms with Crippen LogP contribution in [0.15, 0.2) is 0 Å². The van der Waals surface area contributed by atoms with Crippen molar-refractivity contribution in [2.75, 3.05) is 6.61 Å². The molecule has 3 atom stereocenters. The second-order valence-electron chi connectivity index (χ2n) is 3.45. The molecule has 2 nitrogen and oxygen atoms in total. The van der Waals surface area contributed by atoms with E-state index in [0.29, 0.717) is 24.0 Å². The Morgan fingerprint density at radius 3 is 2.90 bits per heavy atom. The van der Waals surface area contributed by atoms with E-state index in [-0.39, 0.29) is 12.5 Å². The molecule has 0 heterocycles. The van der Waals surface area contributed by atoms with Crippen molar-refractivity contribution in [2.24, 2.45) is 17.8 Å². The molecule has 1 N–H and O–H groups in total. The molecule has 0 radical (unpaired) electrons. The van der Waals surface area contributed by atoms with Gasteiger partial charge in [-0.15, -0.1) is 0 Å². The first kappa shape index (κ1) is 6.35. The molecule has 2 rings (SSSR count). The Balaban J connectivity index is 1.98. The first-order valence-electron chi connectivity index (χ1n) is 3.96. The molecule has 0 aromatic carbocycles. The fourth-order valence-corrected chi connectivity index (χ4v) is 2.16. The van der Waals surface area contributed by atoms with Gasteiger partial charge in [0.25, 0.3) is 0 Å². The Labute approximate surface area is 60.2 Å². The Kier molecular flexibility index (Phi) is 1.31. The van der Waals surface area contributed by atoms with Crippen LogP contribution in [0.25, 0.3) is 0 Å². The third kappa shape index (κ3) is 0.788. The Morgan fingerprint density at radius 2 is 2.40 bits per heavy atom. The maximum Gasteiger partial charge on any atom is 0.136 e. The van der Waals surface area contributed by atoms with Gasteiger partial charge in [-0.2, -0.15) is 0 Å². The topological polar surface area (TPSA) is 37.3 Å². The molecule has 10 heavy (non-hydrogen) atoms. The lowest BCUT2D eigenvalue weighted by atomic mass is 9.99. The number of aliphatic hydroxyl groups excluding tert-OH is 1. The van der Waals surface area contributed by atoms with Gasteiger partial charge in [0.2, 0.25) is 0 Å². The van der Waals surface area contributed by atoms with Crippen molar-refractivity contribution in [1.29, 1.82) is 0 Å². The zero-order chi connectivity index (χ0) is 7.14. The van der Waals surface area contributed by atoms with Crippen molar-refractivity contribution in [2.45, 2.75) is 19.3 Å². The summed E-state index contributed by atoms with van der Waals surface area (Å²) in [5.41, 5.74) is 0. The van der Waals surface area contributed by atoms with E-state index in [1.165, 1.54) is 6.42 Å². The standard InChI is InChI=1S/C8H12O2/c9-2-1-6-7-3-5(7)4-8(6)10/h5-7,9H,1-4H2. The lowest BCUT2D eigenvalue weighted by molar-refractivity contribution is -0.122. The first-order chi connectivity index (χ1) is 4.83. The van der Waals surface area contributed by atoms with E-state index in [1.807, 2.05) is 0 Å². The molecule has 2 fully saturated rings. The van der Waals surface area contributed by atoms with Gasteiger partial charge >= 0.3 is 0 Å². The van der Waals surface area contributed by atoms with E-state index in [1.54, 1.807) is 0 Å². The maximum absolute atomic E-state index is 11.1. The van der Waals surface area contributed by atoms with Gasteiger partial charge in [0.05, 0.1) is 0 Å². The molecule has 0 aromatic rings. The third-order valence-corrected chi connectivity index (χ3v) is 2.81. The third-order valence-electron chi connectivity index (χ3n) is 2.81. The Hall–Kier alpha value is -0.370. The van der Waals surface area contributed by atoms with Crippen LogP contribution >= 0.6 is 0 Å². The zero-order valence-electron chi connectivity index (χ0n) is 5.92. The van der Waals surface area contributed by atoms with Crippen LogP contribution in [-0.4, -0.2) is 17.5 Å². The summed E-state index contributed by atoms with van der Waals surface area (Å²) in [6.07, 6.45) is 2.76. The van der Waals surface area contributed by atoms with E-state index in [0.717, 1.165) is 6.42 Å². The Morgan fingerprint density at radius 1 is 1.60 bits per heavy atom. The van der Waals surface area contributed by atoms with Crippen LogP contribution in [0, 0.1) is 17.8 Å². The zero-order valence-corrected chi connectivity index (χ0v) is 5.92. The Bertz CT molecular complexity index is 165. The molecule has 0 aliphatic heterocycles. The van der Waals surface area contributed by atoms with Gasteiger partial charge in [-0.1, -0.05) is 0 Å². The van der Waals surface area contributed by atoms with Gasteiger partial charge < -0.3 is 5.11 Å². The van der Waals surface area contributed by atoms with Gasteiger partial charge in [0, 0.05) is 18.9 Å². The van der Waals surface area contributed by atoms with Crippen molar-refractivity contribution in [3.05, 3.63) is 0 Å². The van der Waals surface area contributed by atoms with Gasteiger partial charge in [0.15, 0.2) is 0 Å². The van der Waals surface area contributed by atoms with Gasteiger partial charge in [-0.3, -0.25) is 4.79 Å². The van der Waals surface area contributed by atoms with Crippen molar-refractivity contribution in [1.82, 2.24) is 0 Å². The number of aliphatic hydroxyl groups is 1. The summed E-state index contributed by atoms with van der Waals surface area (Å²) in [7, 11) is 0. The predicted molar refractivity (Wildman–Crippen MR) is 36.4 cm³/mol. The first-order valence-corrected chi connectivity index (χ1v) is 3.96. The van der Waals surface area contributed by atoms with E-state index in [2.05, 4.69) is 0 Å². The summed E-state index contributed by atoms with van der Waals surface area (Å²) in [4.78, 5) is 11.1. The highest BCUT2D eigenvalue weighted by atomic mass is 16.3. The minimum Gasteiger partial charge on any atom is -0.396 e. The highest BCUT2D eigenvalue weighted by Crippen LogP contribution is 2.54. The minimum absolute atomic E-state index is 0.180. The molecule has 0 saturated heterocycles. The van der Waals surface area contributed by atoms with Gasteiger partial charge in [-0.05, 0) is 24.7 Å². The van der Waals surface area contributed by atoms with Crippen LogP contribution in [0.2, 0.25) is 0 Å². The van der Waals surface area contributed by atoms with Crippen LogP contribution < -0.4 is 0 Å². The lowest BCUT2D eigenvalue weighted by Crippen LogP contribution is -2.12. The molecule has 0 amide bonds. The molecule has 3 unspecified atom stereocenters. The number of rotatable bonds is 2. The summed E-state index contributed by atoms with van der Waals surface area (Å²) < 4.78 is 0. The summed E-state index contributed by atoms with van der Waals surface area (Å²) in [6, 6.07) is 0. The van der Waals surface area contributed by atoms with Crippen LogP contribution in [0.5, 0.6) is 0 Å². The van der Waals surface area contributed by atoms with Crippen LogP contribution in [0.1, 0.15) is 19.3 Å².